The summed E-state index contributed by atoms with van der Waals surface area (Å²) >= 11 is 0. The number of rotatable bonds is 2. The number of aromatic nitrogens is 6. The highest BCUT2D eigenvalue weighted by molar-refractivity contribution is 5.68. The van der Waals surface area contributed by atoms with Gasteiger partial charge in [-0.2, -0.15) is 9.78 Å². The predicted octanol–water partition coefficient (Wildman–Crippen LogP) is 1.57. The van der Waals surface area contributed by atoms with Crippen molar-refractivity contribution < 1.29 is 0 Å². The van der Waals surface area contributed by atoms with Crippen molar-refractivity contribution in [1.82, 2.24) is 30.0 Å². The highest BCUT2D eigenvalue weighted by Gasteiger charge is 2.17. The van der Waals surface area contributed by atoms with Crippen LogP contribution >= 0.6 is 0 Å². The van der Waals surface area contributed by atoms with Crippen molar-refractivity contribution in [1.29, 1.82) is 0 Å². The molecular formula is C14H17N7. The van der Waals surface area contributed by atoms with Gasteiger partial charge in [-0.15, -0.1) is 5.10 Å². The van der Waals surface area contributed by atoms with Crippen LogP contribution in [0.4, 0.5) is 5.69 Å². The zero-order chi connectivity index (χ0) is 15.1. The second kappa shape index (κ2) is 4.69. The first-order valence-corrected chi connectivity index (χ1v) is 6.63. The Labute approximate surface area is 122 Å². The molecule has 21 heavy (non-hydrogen) atoms. The predicted molar refractivity (Wildman–Crippen MR) is 80.0 cm³/mol. The normalized spacial score (nSPS) is 11.0. The van der Waals surface area contributed by atoms with E-state index in [0.717, 1.165) is 33.8 Å². The summed E-state index contributed by atoms with van der Waals surface area (Å²) in [5, 5.41) is 16.4. The van der Waals surface area contributed by atoms with Crippen molar-refractivity contribution in [2.75, 3.05) is 5.73 Å². The lowest BCUT2D eigenvalue weighted by atomic mass is 10.0. The minimum atomic E-state index is 0.662. The number of hydrogen-bond acceptors (Lipinski definition) is 5. The number of nitrogen functional groups attached to an aromatic ring is 1. The summed E-state index contributed by atoms with van der Waals surface area (Å²) in [5.74, 6) is 0.662. The SMILES string of the molecule is Cc1cc(C)c(-c2nnnn2-c2cn(C)nc2C)cc1N. The summed E-state index contributed by atoms with van der Waals surface area (Å²) in [6.07, 6.45) is 1.89. The second-order valence-electron chi connectivity index (χ2n) is 5.21. The molecule has 0 saturated heterocycles. The quantitative estimate of drug-likeness (QED) is 0.721. The lowest BCUT2D eigenvalue weighted by molar-refractivity contribution is 0.755. The van der Waals surface area contributed by atoms with Crippen LogP contribution < -0.4 is 5.73 Å². The Morgan fingerprint density at radius 1 is 1.10 bits per heavy atom. The molecule has 0 atom stereocenters. The van der Waals surface area contributed by atoms with E-state index in [-0.39, 0.29) is 0 Å². The summed E-state index contributed by atoms with van der Waals surface area (Å²) in [5.41, 5.74) is 11.5. The molecule has 0 unspecified atom stereocenters. The maximum absolute atomic E-state index is 6.02. The van der Waals surface area contributed by atoms with Crippen LogP contribution in [-0.4, -0.2) is 30.0 Å². The van der Waals surface area contributed by atoms with Crippen molar-refractivity contribution in [3.8, 4) is 17.1 Å². The summed E-state index contributed by atoms with van der Waals surface area (Å²) in [6, 6.07) is 3.96. The molecule has 2 aromatic heterocycles. The first-order chi connectivity index (χ1) is 9.97. The Kier molecular flexibility index (Phi) is 2.97. The summed E-state index contributed by atoms with van der Waals surface area (Å²) in [6.45, 7) is 5.94. The molecule has 7 nitrogen and oxygen atoms in total. The molecule has 3 aromatic rings. The molecule has 0 saturated carbocycles. The Morgan fingerprint density at radius 3 is 2.52 bits per heavy atom. The van der Waals surface area contributed by atoms with Crippen molar-refractivity contribution in [2.45, 2.75) is 20.8 Å². The van der Waals surface area contributed by atoms with Crippen molar-refractivity contribution in [3.63, 3.8) is 0 Å². The van der Waals surface area contributed by atoms with Gasteiger partial charge in [0.1, 0.15) is 5.69 Å². The molecule has 0 radical (unpaired) electrons. The molecule has 3 rings (SSSR count). The van der Waals surface area contributed by atoms with Crippen LogP contribution in [0, 0.1) is 20.8 Å². The molecule has 1 aromatic carbocycles. The van der Waals surface area contributed by atoms with Gasteiger partial charge in [-0.05, 0) is 48.4 Å². The van der Waals surface area contributed by atoms with Gasteiger partial charge in [0.2, 0.25) is 0 Å². The topological polar surface area (TPSA) is 87.4 Å². The van der Waals surface area contributed by atoms with E-state index in [1.807, 2.05) is 46.1 Å². The largest absolute Gasteiger partial charge is 0.398 e. The molecule has 108 valence electrons. The summed E-state index contributed by atoms with van der Waals surface area (Å²) < 4.78 is 3.44. The van der Waals surface area contributed by atoms with Gasteiger partial charge in [0.05, 0.1) is 11.9 Å². The van der Waals surface area contributed by atoms with Gasteiger partial charge >= 0.3 is 0 Å². The summed E-state index contributed by atoms with van der Waals surface area (Å²) in [4.78, 5) is 0. The average molecular weight is 283 g/mol. The van der Waals surface area contributed by atoms with E-state index >= 15 is 0 Å². The number of hydrogen-bond donors (Lipinski definition) is 1. The molecular weight excluding hydrogens is 266 g/mol. The number of nitrogens with zero attached hydrogens (tertiary/aromatic N) is 6. The highest BCUT2D eigenvalue weighted by Crippen LogP contribution is 2.27. The zero-order valence-electron chi connectivity index (χ0n) is 12.5. The van der Waals surface area contributed by atoms with Crippen LogP contribution in [0.3, 0.4) is 0 Å². The van der Waals surface area contributed by atoms with E-state index < -0.39 is 0 Å². The molecule has 0 bridgehead atoms. The third kappa shape index (κ3) is 2.16. The molecule has 2 heterocycles. The Bertz CT molecular complexity index is 813. The van der Waals surface area contributed by atoms with Crippen LogP contribution in [-0.2, 0) is 7.05 Å². The van der Waals surface area contributed by atoms with E-state index in [9.17, 15) is 0 Å². The van der Waals surface area contributed by atoms with Gasteiger partial charge in [0, 0.05) is 18.3 Å². The fourth-order valence-corrected chi connectivity index (χ4v) is 2.42. The fourth-order valence-electron chi connectivity index (χ4n) is 2.42. The minimum Gasteiger partial charge on any atom is -0.398 e. The van der Waals surface area contributed by atoms with E-state index in [0.29, 0.717) is 5.82 Å². The number of anilines is 1. The monoisotopic (exact) mass is 283 g/mol. The maximum Gasteiger partial charge on any atom is 0.187 e. The standard InChI is InChI=1S/C14H17N7/c1-8-5-9(2)12(15)6-11(8)14-16-18-19-21(14)13-7-20(4)17-10(13)3/h5-7H,15H2,1-4H3. The molecule has 0 fully saturated rings. The Balaban J connectivity index is 2.20. The molecule has 0 spiro atoms. The number of tetrazole rings is 1. The van der Waals surface area contributed by atoms with Crippen LogP contribution in [0.2, 0.25) is 0 Å². The number of benzene rings is 1. The van der Waals surface area contributed by atoms with E-state index in [2.05, 4.69) is 20.6 Å². The molecule has 7 heteroatoms. The van der Waals surface area contributed by atoms with Gasteiger partial charge < -0.3 is 5.73 Å². The fraction of sp³-hybridized carbons (Fsp3) is 0.286. The molecule has 2 N–H and O–H groups in total. The molecule has 0 amide bonds. The van der Waals surface area contributed by atoms with E-state index in [1.165, 1.54) is 0 Å². The van der Waals surface area contributed by atoms with Gasteiger partial charge in [-0.3, -0.25) is 4.68 Å². The van der Waals surface area contributed by atoms with Gasteiger partial charge in [0.25, 0.3) is 0 Å². The number of aryl methyl sites for hydroxylation is 4. The lowest BCUT2D eigenvalue weighted by Gasteiger charge is -2.09. The van der Waals surface area contributed by atoms with Crippen molar-refractivity contribution in [3.05, 3.63) is 35.2 Å². The third-order valence-corrected chi connectivity index (χ3v) is 3.54. The smallest absolute Gasteiger partial charge is 0.187 e. The van der Waals surface area contributed by atoms with Crippen LogP contribution in [0.15, 0.2) is 18.3 Å². The first-order valence-electron chi connectivity index (χ1n) is 6.63. The van der Waals surface area contributed by atoms with E-state index in [4.69, 9.17) is 5.73 Å². The molecule has 0 aliphatic heterocycles. The van der Waals surface area contributed by atoms with E-state index in [1.54, 1.807) is 9.36 Å². The van der Waals surface area contributed by atoms with Crippen LogP contribution in [0.1, 0.15) is 16.8 Å². The Morgan fingerprint density at radius 2 is 1.86 bits per heavy atom. The van der Waals surface area contributed by atoms with Gasteiger partial charge in [0.15, 0.2) is 5.82 Å². The highest BCUT2D eigenvalue weighted by atomic mass is 15.5. The van der Waals surface area contributed by atoms with Crippen molar-refractivity contribution in [2.24, 2.45) is 7.05 Å². The minimum absolute atomic E-state index is 0.662. The second-order valence-corrected chi connectivity index (χ2v) is 5.21. The van der Waals surface area contributed by atoms with Crippen molar-refractivity contribution >= 4 is 5.69 Å². The zero-order valence-corrected chi connectivity index (χ0v) is 12.5. The van der Waals surface area contributed by atoms with Crippen LogP contribution in [0.25, 0.3) is 17.1 Å². The first kappa shape index (κ1) is 13.3. The van der Waals surface area contributed by atoms with Crippen LogP contribution in [0.5, 0.6) is 0 Å². The summed E-state index contributed by atoms with van der Waals surface area (Å²) in [7, 11) is 1.87. The lowest BCUT2D eigenvalue weighted by Crippen LogP contribution is -2.02. The van der Waals surface area contributed by atoms with Gasteiger partial charge in [-0.1, -0.05) is 6.07 Å². The van der Waals surface area contributed by atoms with Gasteiger partial charge in [-0.25, -0.2) is 0 Å². The average Bonchev–Trinajstić information content (AvgIpc) is 3.00. The number of nitrogens with two attached hydrogens (primary N) is 1. The molecule has 0 aliphatic rings. The maximum atomic E-state index is 6.02. The Hall–Kier alpha value is -2.70. The third-order valence-electron chi connectivity index (χ3n) is 3.54. The molecule has 0 aliphatic carbocycles.